The van der Waals surface area contributed by atoms with Crippen LogP contribution in [-0.4, -0.2) is 34.7 Å². The van der Waals surface area contributed by atoms with Crippen molar-refractivity contribution in [2.75, 3.05) is 13.2 Å². The van der Waals surface area contributed by atoms with Crippen LogP contribution in [0.3, 0.4) is 0 Å². The normalized spacial score (nSPS) is 11.8. The maximum atomic E-state index is 12.7. The Bertz CT molecular complexity index is 854. The second-order valence-corrected chi connectivity index (χ2v) is 6.65. The Morgan fingerprint density at radius 1 is 1.35 bits per heavy atom. The van der Waals surface area contributed by atoms with Gasteiger partial charge >= 0.3 is 0 Å². The molecule has 1 atom stereocenters. The number of aromatic nitrogens is 2. The van der Waals surface area contributed by atoms with Gasteiger partial charge in [-0.15, -0.1) is 0 Å². The Morgan fingerprint density at radius 3 is 2.77 bits per heavy atom. The van der Waals surface area contributed by atoms with Gasteiger partial charge in [0.2, 0.25) is 5.91 Å². The standard InChI is InChI=1S/C18H19BrFN3O3/c1-2-15(17(25)21-10-14(24)9-20)16-6-7-22-23(18(16)26)11-12-4-3-5-13(19)8-12/h3-8,15H,2,9-11H2,1H3,(H,21,25). The number of carbonyl (C=O) groups is 2. The van der Waals surface area contributed by atoms with Crippen LogP contribution in [0.1, 0.15) is 30.4 Å². The summed E-state index contributed by atoms with van der Waals surface area (Å²) < 4.78 is 14.4. The van der Waals surface area contributed by atoms with Crippen molar-refractivity contribution in [2.24, 2.45) is 0 Å². The van der Waals surface area contributed by atoms with Crippen molar-refractivity contribution < 1.29 is 14.0 Å². The van der Waals surface area contributed by atoms with Crippen LogP contribution >= 0.6 is 15.9 Å². The van der Waals surface area contributed by atoms with Crippen LogP contribution in [0.15, 0.2) is 45.8 Å². The Kier molecular flexibility index (Phi) is 7.20. The number of Topliss-reactive ketones (excluding diaryl/α,β-unsaturated/α-hetero) is 1. The van der Waals surface area contributed by atoms with Crippen LogP contribution in [0, 0.1) is 0 Å². The number of alkyl halides is 1. The molecule has 1 aromatic heterocycles. The Balaban J connectivity index is 2.24. The third kappa shape index (κ3) is 5.08. The average molecular weight is 424 g/mol. The van der Waals surface area contributed by atoms with Gasteiger partial charge in [0.25, 0.3) is 5.56 Å². The third-order valence-electron chi connectivity index (χ3n) is 3.87. The molecule has 0 fully saturated rings. The van der Waals surface area contributed by atoms with Crippen molar-refractivity contribution in [3.63, 3.8) is 0 Å². The molecule has 1 aromatic carbocycles. The molecule has 6 nitrogen and oxygen atoms in total. The topological polar surface area (TPSA) is 81.1 Å². The predicted molar refractivity (Wildman–Crippen MR) is 98.8 cm³/mol. The number of rotatable bonds is 8. The van der Waals surface area contributed by atoms with Gasteiger partial charge in [-0.05, 0) is 30.2 Å². The quantitative estimate of drug-likeness (QED) is 0.705. The van der Waals surface area contributed by atoms with Gasteiger partial charge in [0.1, 0.15) is 6.67 Å². The molecule has 138 valence electrons. The monoisotopic (exact) mass is 423 g/mol. The molecule has 2 rings (SSSR count). The van der Waals surface area contributed by atoms with E-state index in [2.05, 4.69) is 26.3 Å². The number of halogens is 2. The number of hydrogen-bond donors (Lipinski definition) is 1. The number of ketones is 1. The highest BCUT2D eigenvalue weighted by Gasteiger charge is 2.23. The molecule has 0 bridgehead atoms. The zero-order chi connectivity index (χ0) is 19.1. The van der Waals surface area contributed by atoms with E-state index in [9.17, 15) is 18.8 Å². The molecule has 1 heterocycles. The molecule has 26 heavy (non-hydrogen) atoms. The molecular weight excluding hydrogens is 405 g/mol. The highest BCUT2D eigenvalue weighted by Crippen LogP contribution is 2.16. The van der Waals surface area contributed by atoms with E-state index in [4.69, 9.17) is 0 Å². The highest BCUT2D eigenvalue weighted by atomic mass is 79.9. The first-order chi connectivity index (χ1) is 12.5. The van der Waals surface area contributed by atoms with E-state index in [1.165, 1.54) is 16.9 Å². The molecule has 0 aliphatic heterocycles. The SMILES string of the molecule is CCC(C(=O)NCC(=O)CF)c1ccnn(Cc2cccc(Br)c2)c1=O. The van der Waals surface area contributed by atoms with Crippen molar-refractivity contribution in [3.05, 3.63) is 62.5 Å². The second kappa shape index (κ2) is 9.38. The van der Waals surface area contributed by atoms with Crippen molar-refractivity contribution >= 4 is 27.6 Å². The summed E-state index contributed by atoms with van der Waals surface area (Å²) in [5.74, 6) is -1.92. The number of nitrogens with zero attached hydrogens (tertiary/aromatic N) is 2. The van der Waals surface area contributed by atoms with Crippen LogP contribution in [-0.2, 0) is 16.1 Å². The van der Waals surface area contributed by atoms with Crippen LogP contribution in [0.4, 0.5) is 4.39 Å². The average Bonchev–Trinajstić information content (AvgIpc) is 2.63. The first-order valence-corrected chi connectivity index (χ1v) is 8.91. The van der Waals surface area contributed by atoms with E-state index < -0.39 is 24.3 Å². The number of hydrogen-bond acceptors (Lipinski definition) is 4. The van der Waals surface area contributed by atoms with E-state index in [-0.39, 0.29) is 18.6 Å². The summed E-state index contributed by atoms with van der Waals surface area (Å²) in [6.45, 7) is 0.513. The van der Waals surface area contributed by atoms with Gasteiger partial charge in [0.05, 0.1) is 19.0 Å². The van der Waals surface area contributed by atoms with Gasteiger partial charge in [0, 0.05) is 16.2 Å². The van der Waals surface area contributed by atoms with Gasteiger partial charge in [0.15, 0.2) is 5.78 Å². The first kappa shape index (κ1) is 20.0. The van der Waals surface area contributed by atoms with Crippen LogP contribution in [0.5, 0.6) is 0 Å². The predicted octanol–water partition coefficient (Wildman–Crippen LogP) is 2.20. The summed E-state index contributed by atoms with van der Waals surface area (Å²) in [5, 5.41) is 6.46. The van der Waals surface area contributed by atoms with E-state index in [1.54, 1.807) is 6.92 Å². The zero-order valence-corrected chi connectivity index (χ0v) is 15.8. The lowest BCUT2D eigenvalue weighted by atomic mass is 9.97. The number of benzene rings is 1. The number of amides is 1. The molecule has 0 spiro atoms. The summed E-state index contributed by atoms with van der Waals surface area (Å²) in [4.78, 5) is 36.1. The molecule has 8 heteroatoms. The third-order valence-corrected chi connectivity index (χ3v) is 4.37. The highest BCUT2D eigenvalue weighted by molar-refractivity contribution is 9.10. The van der Waals surface area contributed by atoms with E-state index in [1.807, 2.05) is 24.3 Å². The minimum Gasteiger partial charge on any atom is -0.348 e. The summed E-state index contributed by atoms with van der Waals surface area (Å²) in [6, 6.07) is 9.00. The lowest BCUT2D eigenvalue weighted by molar-refractivity contribution is -0.126. The number of nitrogens with one attached hydrogen (secondary N) is 1. The molecule has 0 saturated heterocycles. The fraction of sp³-hybridized carbons (Fsp3) is 0.333. The summed E-state index contributed by atoms with van der Waals surface area (Å²) in [7, 11) is 0. The largest absolute Gasteiger partial charge is 0.348 e. The Labute approximate surface area is 158 Å². The fourth-order valence-corrected chi connectivity index (χ4v) is 3.00. The molecule has 1 unspecified atom stereocenters. The van der Waals surface area contributed by atoms with Crippen molar-refractivity contribution in [2.45, 2.75) is 25.8 Å². The van der Waals surface area contributed by atoms with Crippen molar-refractivity contribution in [1.29, 1.82) is 0 Å². The van der Waals surface area contributed by atoms with Gasteiger partial charge in [-0.25, -0.2) is 9.07 Å². The van der Waals surface area contributed by atoms with Gasteiger partial charge in [-0.1, -0.05) is 35.0 Å². The Morgan fingerprint density at radius 2 is 2.12 bits per heavy atom. The van der Waals surface area contributed by atoms with Crippen LogP contribution in [0.2, 0.25) is 0 Å². The van der Waals surface area contributed by atoms with Crippen LogP contribution < -0.4 is 10.9 Å². The minimum absolute atomic E-state index is 0.268. The van der Waals surface area contributed by atoms with Crippen LogP contribution in [0.25, 0.3) is 0 Å². The molecule has 0 aliphatic carbocycles. The molecule has 1 amide bonds. The van der Waals surface area contributed by atoms with E-state index in [0.717, 1.165) is 10.0 Å². The fourth-order valence-electron chi connectivity index (χ4n) is 2.56. The Hall–Kier alpha value is -2.35. The van der Waals surface area contributed by atoms with E-state index in [0.29, 0.717) is 12.0 Å². The molecule has 0 saturated carbocycles. The maximum Gasteiger partial charge on any atom is 0.271 e. The van der Waals surface area contributed by atoms with Gasteiger partial charge in [-0.3, -0.25) is 14.4 Å². The second-order valence-electron chi connectivity index (χ2n) is 5.73. The lowest BCUT2D eigenvalue weighted by Crippen LogP contribution is -2.37. The first-order valence-electron chi connectivity index (χ1n) is 8.12. The zero-order valence-electron chi connectivity index (χ0n) is 14.2. The smallest absolute Gasteiger partial charge is 0.271 e. The summed E-state index contributed by atoms with van der Waals surface area (Å²) in [6.07, 6.45) is 1.84. The lowest BCUT2D eigenvalue weighted by Gasteiger charge is -2.15. The molecule has 2 aromatic rings. The minimum atomic E-state index is -1.13. The summed E-state index contributed by atoms with van der Waals surface area (Å²) >= 11 is 3.38. The van der Waals surface area contributed by atoms with Gasteiger partial charge < -0.3 is 5.32 Å². The number of carbonyl (C=O) groups excluding carboxylic acids is 2. The maximum absolute atomic E-state index is 12.7. The molecule has 0 aliphatic rings. The molecule has 1 N–H and O–H groups in total. The summed E-state index contributed by atoms with van der Waals surface area (Å²) in [5.41, 5.74) is 0.811. The molecule has 0 radical (unpaired) electrons. The van der Waals surface area contributed by atoms with Gasteiger partial charge in [-0.2, -0.15) is 5.10 Å². The van der Waals surface area contributed by atoms with E-state index >= 15 is 0 Å². The molecular formula is C18H19BrFN3O3. The van der Waals surface area contributed by atoms with Crippen molar-refractivity contribution in [3.8, 4) is 0 Å². The van der Waals surface area contributed by atoms with Crippen molar-refractivity contribution in [1.82, 2.24) is 15.1 Å².